The van der Waals surface area contributed by atoms with Gasteiger partial charge in [0.2, 0.25) is 0 Å². The van der Waals surface area contributed by atoms with Gasteiger partial charge < -0.3 is 14.6 Å². The maximum atomic E-state index is 12.9. The minimum absolute atomic E-state index is 0.115. The third-order valence-corrected chi connectivity index (χ3v) is 5.29. The molecule has 2 aromatic rings. The Kier molecular flexibility index (Phi) is 2.67. The van der Waals surface area contributed by atoms with Crippen LogP contribution in [-0.4, -0.2) is 16.8 Å². The third-order valence-electron chi connectivity index (χ3n) is 5.29. The van der Waals surface area contributed by atoms with Gasteiger partial charge in [-0.2, -0.15) is 0 Å². The Morgan fingerprint density at radius 1 is 1.13 bits per heavy atom. The summed E-state index contributed by atoms with van der Waals surface area (Å²) in [5.74, 6) is 3.31. The second-order valence-corrected chi connectivity index (χ2v) is 7.10. The predicted octanol–water partition coefficient (Wildman–Crippen LogP) is 4.13. The summed E-state index contributed by atoms with van der Waals surface area (Å²) in [6.07, 6.45) is 3.19. The molecule has 0 radical (unpaired) electrons. The highest BCUT2D eigenvalue weighted by Gasteiger charge is 2.44. The molecule has 5 rings (SSSR count). The minimum atomic E-state index is -0.187. The van der Waals surface area contributed by atoms with E-state index < -0.39 is 0 Å². The Bertz CT molecular complexity index is 777. The van der Waals surface area contributed by atoms with Gasteiger partial charge >= 0.3 is 0 Å². The Morgan fingerprint density at radius 3 is 2.61 bits per heavy atom. The van der Waals surface area contributed by atoms with E-state index >= 15 is 0 Å². The number of fused-ring (bicyclic) bond motifs is 1. The lowest BCUT2D eigenvalue weighted by molar-refractivity contribution is 0.0644. The lowest BCUT2D eigenvalue weighted by Gasteiger charge is -2.37. The molecular weight excluding hydrogens is 288 g/mol. The number of carbonyl (C=O) groups is 1. The van der Waals surface area contributed by atoms with Crippen LogP contribution in [-0.2, 0) is 0 Å². The van der Waals surface area contributed by atoms with Gasteiger partial charge in [-0.05, 0) is 49.4 Å². The first-order chi connectivity index (χ1) is 11.2. The number of hydrogen-bond donors (Lipinski definition) is 1. The average Bonchev–Trinajstić information content (AvgIpc) is 3.47. The van der Waals surface area contributed by atoms with Crippen LogP contribution in [0.5, 0.6) is 0 Å². The van der Waals surface area contributed by atoms with Gasteiger partial charge in [-0.25, -0.2) is 0 Å². The predicted molar refractivity (Wildman–Crippen MR) is 87.2 cm³/mol. The molecule has 1 aromatic heterocycles. The third kappa shape index (κ3) is 2.08. The van der Waals surface area contributed by atoms with Gasteiger partial charge in [-0.1, -0.05) is 19.1 Å². The van der Waals surface area contributed by atoms with Crippen LogP contribution in [0.25, 0.3) is 0 Å². The summed E-state index contributed by atoms with van der Waals surface area (Å²) in [6, 6.07) is 12.2. The van der Waals surface area contributed by atoms with Crippen molar-refractivity contribution >= 4 is 11.6 Å². The molecule has 2 aliphatic carbocycles. The number of carbonyl (C=O) groups excluding carboxylic acids is 1. The quantitative estimate of drug-likeness (QED) is 0.927. The molecule has 0 bridgehead atoms. The molecule has 0 saturated heterocycles. The van der Waals surface area contributed by atoms with Crippen LogP contribution < -0.4 is 5.32 Å². The van der Waals surface area contributed by atoms with Gasteiger partial charge in [-0.3, -0.25) is 4.79 Å². The van der Waals surface area contributed by atoms with Crippen molar-refractivity contribution in [3.05, 3.63) is 53.5 Å². The maximum absolute atomic E-state index is 12.9. The summed E-state index contributed by atoms with van der Waals surface area (Å²) in [4.78, 5) is 14.9. The second-order valence-electron chi connectivity index (χ2n) is 7.10. The van der Waals surface area contributed by atoms with Gasteiger partial charge in [0.1, 0.15) is 11.5 Å². The smallest absolute Gasteiger partial charge is 0.258 e. The first-order valence-corrected chi connectivity index (χ1v) is 8.50. The topological polar surface area (TPSA) is 45.5 Å². The fourth-order valence-electron chi connectivity index (χ4n) is 3.64. The fraction of sp³-hybridized carbons (Fsp3) is 0.421. The van der Waals surface area contributed by atoms with Gasteiger partial charge in [0.15, 0.2) is 6.17 Å². The standard InChI is InChI=1S/C19H20N2O2/c1-11-10-14(11)16-8-9-17(23-16)18-20-15-5-3-2-4-13(15)19(22)21(18)12-6-7-12/h2-5,8-9,11-12,14,18,20H,6-7,10H2,1H3/t11-,14-,18+/m1/s1. The van der Waals surface area contributed by atoms with Crippen LogP contribution in [0.3, 0.4) is 0 Å². The van der Waals surface area contributed by atoms with E-state index in [1.807, 2.05) is 35.2 Å². The molecule has 2 heterocycles. The van der Waals surface area contributed by atoms with Gasteiger partial charge in [0.05, 0.1) is 5.56 Å². The van der Waals surface area contributed by atoms with E-state index in [4.69, 9.17) is 4.42 Å². The molecule has 23 heavy (non-hydrogen) atoms. The van der Waals surface area contributed by atoms with Crippen LogP contribution in [0.4, 0.5) is 5.69 Å². The van der Waals surface area contributed by atoms with Crippen molar-refractivity contribution in [3.8, 4) is 0 Å². The van der Waals surface area contributed by atoms with Crippen LogP contribution in [0.15, 0.2) is 40.8 Å². The van der Waals surface area contributed by atoms with E-state index in [-0.39, 0.29) is 12.1 Å². The van der Waals surface area contributed by atoms with E-state index in [0.717, 1.165) is 41.5 Å². The van der Waals surface area contributed by atoms with Crippen molar-refractivity contribution < 1.29 is 9.21 Å². The lowest BCUT2D eigenvalue weighted by Crippen LogP contribution is -2.44. The first-order valence-electron chi connectivity index (χ1n) is 8.50. The monoisotopic (exact) mass is 308 g/mol. The first kappa shape index (κ1) is 13.2. The SMILES string of the molecule is C[C@@H]1C[C@H]1c1ccc([C@H]2Nc3ccccc3C(=O)N2C2CC2)o1. The Balaban J connectivity index is 1.53. The van der Waals surface area contributed by atoms with E-state index in [1.54, 1.807) is 0 Å². The number of hydrogen-bond acceptors (Lipinski definition) is 3. The lowest BCUT2D eigenvalue weighted by atomic mass is 10.1. The Hall–Kier alpha value is -2.23. The van der Waals surface area contributed by atoms with Crippen molar-refractivity contribution in [1.29, 1.82) is 0 Å². The second kappa shape index (κ2) is 4.63. The van der Waals surface area contributed by atoms with Crippen LogP contribution in [0, 0.1) is 5.92 Å². The molecule has 1 aromatic carbocycles. The highest BCUT2D eigenvalue weighted by Crippen LogP contribution is 2.48. The molecule has 1 aliphatic heterocycles. The van der Waals surface area contributed by atoms with Crippen molar-refractivity contribution in [3.63, 3.8) is 0 Å². The van der Waals surface area contributed by atoms with E-state index in [2.05, 4.69) is 18.3 Å². The molecule has 1 amide bonds. The number of anilines is 1. The van der Waals surface area contributed by atoms with Crippen molar-refractivity contribution in [1.82, 2.24) is 4.90 Å². The summed E-state index contributed by atoms with van der Waals surface area (Å²) in [5.41, 5.74) is 1.66. The zero-order valence-corrected chi connectivity index (χ0v) is 13.2. The van der Waals surface area contributed by atoms with Crippen molar-refractivity contribution in [2.45, 2.75) is 44.3 Å². The molecule has 3 atom stereocenters. The maximum Gasteiger partial charge on any atom is 0.258 e. The molecule has 4 heteroatoms. The van der Waals surface area contributed by atoms with Gasteiger partial charge in [-0.15, -0.1) is 0 Å². The molecule has 2 fully saturated rings. The number of benzene rings is 1. The van der Waals surface area contributed by atoms with E-state index in [9.17, 15) is 4.79 Å². The van der Waals surface area contributed by atoms with E-state index in [1.165, 1.54) is 6.42 Å². The summed E-state index contributed by atoms with van der Waals surface area (Å²) in [6.45, 7) is 2.25. The average molecular weight is 308 g/mol. The van der Waals surface area contributed by atoms with Gasteiger partial charge in [0.25, 0.3) is 5.91 Å². The number of furan rings is 1. The zero-order valence-electron chi connectivity index (χ0n) is 13.2. The largest absolute Gasteiger partial charge is 0.462 e. The highest BCUT2D eigenvalue weighted by atomic mass is 16.3. The number of para-hydroxylation sites is 1. The highest BCUT2D eigenvalue weighted by molar-refractivity contribution is 6.02. The molecule has 3 aliphatic rings. The Labute approximate surface area is 135 Å². The number of nitrogens with zero attached hydrogens (tertiary/aromatic N) is 1. The van der Waals surface area contributed by atoms with Crippen LogP contribution >= 0.6 is 0 Å². The van der Waals surface area contributed by atoms with Crippen molar-refractivity contribution in [2.75, 3.05) is 5.32 Å². The summed E-state index contributed by atoms with van der Waals surface area (Å²) >= 11 is 0. The van der Waals surface area contributed by atoms with Crippen LogP contribution in [0.2, 0.25) is 0 Å². The van der Waals surface area contributed by atoms with E-state index in [0.29, 0.717) is 12.0 Å². The molecule has 2 saturated carbocycles. The molecular formula is C19H20N2O2. The fourth-order valence-corrected chi connectivity index (χ4v) is 3.64. The number of rotatable bonds is 3. The minimum Gasteiger partial charge on any atom is -0.462 e. The molecule has 0 unspecified atom stereocenters. The molecule has 118 valence electrons. The molecule has 0 spiro atoms. The van der Waals surface area contributed by atoms with Crippen molar-refractivity contribution in [2.24, 2.45) is 5.92 Å². The Morgan fingerprint density at radius 2 is 1.87 bits per heavy atom. The van der Waals surface area contributed by atoms with Crippen LogP contribution in [0.1, 0.15) is 60.1 Å². The van der Waals surface area contributed by atoms with Gasteiger partial charge in [0, 0.05) is 17.6 Å². The number of nitrogens with one attached hydrogen (secondary N) is 1. The summed E-state index contributed by atoms with van der Waals surface area (Å²) in [7, 11) is 0. The molecule has 4 nitrogen and oxygen atoms in total. The summed E-state index contributed by atoms with van der Waals surface area (Å²) in [5, 5.41) is 3.51. The summed E-state index contributed by atoms with van der Waals surface area (Å²) < 4.78 is 6.13. The zero-order chi connectivity index (χ0) is 15.6. The normalized spacial score (nSPS) is 29.2. The molecule has 1 N–H and O–H groups in total. The number of amides is 1.